The highest BCUT2D eigenvalue weighted by Gasteiger charge is 2.18. The third-order valence-electron chi connectivity index (χ3n) is 2.40. The van der Waals surface area contributed by atoms with Crippen molar-refractivity contribution in [3.8, 4) is 0 Å². The van der Waals surface area contributed by atoms with Crippen LogP contribution in [-0.4, -0.2) is 35.1 Å². The Morgan fingerprint density at radius 3 is 2.21 bits per heavy atom. The van der Waals surface area contributed by atoms with Crippen LogP contribution in [0.1, 0.15) is 40.5 Å². The third kappa shape index (κ3) is 5.22. The van der Waals surface area contributed by atoms with Crippen molar-refractivity contribution in [3.63, 3.8) is 0 Å². The second-order valence-electron chi connectivity index (χ2n) is 4.14. The molecule has 1 atom stereocenters. The number of hydrogen-bond acceptors (Lipinski definition) is 2. The summed E-state index contributed by atoms with van der Waals surface area (Å²) in [5.41, 5.74) is 0. The molecule has 0 aromatic heterocycles. The molecule has 0 radical (unpaired) electrons. The standard InChI is InChI=1S/C11H23NO2/c1-5-10(7-11(13)14)12(6-2)8-9(3)4/h9-10H,5-8H2,1-4H3,(H,13,14). The number of aliphatic carboxylic acids is 1. The van der Waals surface area contributed by atoms with Gasteiger partial charge >= 0.3 is 5.97 Å². The van der Waals surface area contributed by atoms with Gasteiger partial charge in [0.15, 0.2) is 0 Å². The summed E-state index contributed by atoms with van der Waals surface area (Å²) in [7, 11) is 0. The van der Waals surface area contributed by atoms with Gasteiger partial charge in [-0.1, -0.05) is 27.7 Å². The molecular weight excluding hydrogens is 178 g/mol. The second-order valence-corrected chi connectivity index (χ2v) is 4.14. The Labute approximate surface area is 87.1 Å². The van der Waals surface area contributed by atoms with Crippen molar-refractivity contribution >= 4 is 5.97 Å². The van der Waals surface area contributed by atoms with Gasteiger partial charge in [0.2, 0.25) is 0 Å². The summed E-state index contributed by atoms with van der Waals surface area (Å²) in [6, 6.07) is 0.194. The zero-order valence-electron chi connectivity index (χ0n) is 9.79. The van der Waals surface area contributed by atoms with E-state index in [1.54, 1.807) is 0 Å². The second kappa shape index (κ2) is 6.82. The highest BCUT2D eigenvalue weighted by Crippen LogP contribution is 2.11. The molecule has 3 nitrogen and oxygen atoms in total. The van der Waals surface area contributed by atoms with Gasteiger partial charge in [-0.15, -0.1) is 0 Å². The predicted molar refractivity (Wildman–Crippen MR) is 58.4 cm³/mol. The molecule has 14 heavy (non-hydrogen) atoms. The van der Waals surface area contributed by atoms with E-state index in [0.29, 0.717) is 5.92 Å². The maximum absolute atomic E-state index is 10.6. The number of carbonyl (C=O) groups is 1. The van der Waals surface area contributed by atoms with Gasteiger partial charge in [-0.05, 0) is 18.9 Å². The van der Waals surface area contributed by atoms with Gasteiger partial charge < -0.3 is 5.11 Å². The molecule has 84 valence electrons. The van der Waals surface area contributed by atoms with E-state index in [1.165, 1.54) is 0 Å². The van der Waals surface area contributed by atoms with Crippen LogP contribution in [0, 0.1) is 5.92 Å². The van der Waals surface area contributed by atoms with E-state index in [4.69, 9.17) is 5.11 Å². The van der Waals surface area contributed by atoms with Crippen LogP contribution < -0.4 is 0 Å². The Bertz CT molecular complexity index is 169. The van der Waals surface area contributed by atoms with E-state index in [-0.39, 0.29) is 12.5 Å². The quantitative estimate of drug-likeness (QED) is 0.686. The van der Waals surface area contributed by atoms with Gasteiger partial charge in [-0.25, -0.2) is 0 Å². The fourth-order valence-electron chi connectivity index (χ4n) is 1.74. The Morgan fingerprint density at radius 1 is 1.36 bits per heavy atom. The topological polar surface area (TPSA) is 40.5 Å². The Balaban J connectivity index is 4.21. The lowest BCUT2D eigenvalue weighted by molar-refractivity contribution is -0.138. The molecule has 0 aliphatic rings. The van der Waals surface area contributed by atoms with Crippen molar-refractivity contribution < 1.29 is 9.90 Å². The van der Waals surface area contributed by atoms with Gasteiger partial charge in [0.05, 0.1) is 6.42 Å². The van der Waals surface area contributed by atoms with Crippen LogP contribution in [0.25, 0.3) is 0 Å². The summed E-state index contributed by atoms with van der Waals surface area (Å²) >= 11 is 0. The molecular formula is C11H23NO2. The van der Waals surface area contributed by atoms with Crippen LogP contribution in [0.5, 0.6) is 0 Å². The zero-order chi connectivity index (χ0) is 11.1. The summed E-state index contributed by atoms with van der Waals surface area (Å²) < 4.78 is 0. The summed E-state index contributed by atoms with van der Waals surface area (Å²) in [6.45, 7) is 10.4. The maximum atomic E-state index is 10.6. The summed E-state index contributed by atoms with van der Waals surface area (Å²) in [4.78, 5) is 12.9. The lowest BCUT2D eigenvalue weighted by atomic mass is 10.1. The van der Waals surface area contributed by atoms with Crippen molar-refractivity contribution in [1.29, 1.82) is 0 Å². The van der Waals surface area contributed by atoms with Gasteiger partial charge in [-0.2, -0.15) is 0 Å². The third-order valence-corrected chi connectivity index (χ3v) is 2.40. The normalized spacial score (nSPS) is 13.6. The molecule has 0 aliphatic heterocycles. The molecule has 0 fully saturated rings. The smallest absolute Gasteiger partial charge is 0.304 e. The maximum Gasteiger partial charge on any atom is 0.304 e. The van der Waals surface area contributed by atoms with Crippen molar-refractivity contribution in [2.24, 2.45) is 5.92 Å². The zero-order valence-corrected chi connectivity index (χ0v) is 9.79. The molecule has 1 N–H and O–H groups in total. The van der Waals surface area contributed by atoms with Crippen molar-refractivity contribution in [3.05, 3.63) is 0 Å². The molecule has 0 spiro atoms. The fourth-order valence-corrected chi connectivity index (χ4v) is 1.74. The Kier molecular flexibility index (Phi) is 6.54. The van der Waals surface area contributed by atoms with E-state index < -0.39 is 5.97 Å². The minimum Gasteiger partial charge on any atom is -0.481 e. The highest BCUT2D eigenvalue weighted by molar-refractivity contribution is 5.67. The largest absolute Gasteiger partial charge is 0.481 e. The predicted octanol–water partition coefficient (Wildman–Crippen LogP) is 2.22. The molecule has 3 heteroatoms. The van der Waals surface area contributed by atoms with Crippen LogP contribution in [0.3, 0.4) is 0 Å². The van der Waals surface area contributed by atoms with E-state index in [0.717, 1.165) is 19.5 Å². The molecule has 0 saturated carbocycles. The Morgan fingerprint density at radius 2 is 1.93 bits per heavy atom. The summed E-state index contributed by atoms with van der Waals surface area (Å²) in [6.07, 6.45) is 1.17. The monoisotopic (exact) mass is 201 g/mol. The summed E-state index contributed by atoms with van der Waals surface area (Å²) in [5.74, 6) is -0.100. The molecule has 0 amide bonds. The minimum absolute atomic E-state index is 0.194. The van der Waals surface area contributed by atoms with E-state index in [1.807, 2.05) is 0 Å². The number of rotatable bonds is 7. The molecule has 0 aromatic carbocycles. The van der Waals surface area contributed by atoms with Crippen molar-refractivity contribution in [1.82, 2.24) is 4.90 Å². The van der Waals surface area contributed by atoms with E-state index in [9.17, 15) is 4.79 Å². The van der Waals surface area contributed by atoms with Crippen LogP contribution >= 0.6 is 0 Å². The first-order chi connectivity index (χ1) is 6.51. The minimum atomic E-state index is -0.695. The number of nitrogens with zero attached hydrogens (tertiary/aromatic N) is 1. The number of carboxylic acid groups (broad SMARTS) is 1. The molecule has 0 aromatic rings. The van der Waals surface area contributed by atoms with Crippen molar-refractivity contribution in [2.45, 2.75) is 46.6 Å². The van der Waals surface area contributed by atoms with Crippen LogP contribution in [-0.2, 0) is 4.79 Å². The lowest BCUT2D eigenvalue weighted by Gasteiger charge is -2.30. The average Bonchev–Trinajstić information content (AvgIpc) is 2.10. The Hall–Kier alpha value is -0.570. The van der Waals surface area contributed by atoms with Crippen LogP contribution in [0.2, 0.25) is 0 Å². The molecule has 0 saturated heterocycles. The first kappa shape index (κ1) is 13.4. The molecule has 0 bridgehead atoms. The summed E-state index contributed by atoms with van der Waals surface area (Å²) in [5, 5.41) is 8.77. The first-order valence-corrected chi connectivity index (χ1v) is 5.47. The van der Waals surface area contributed by atoms with Gasteiger partial charge in [0.1, 0.15) is 0 Å². The average molecular weight is 201 g/mol. The molecule has 1 unspecified atom stereocenters. The van der Waals surface area contributed by atoms with Crippen molar-refractivity contribution in [2.75, 3.05) is 13.1 Å². The lowest BCUT2D eigenvalue weighted by Crippen LogP contribution is -2.38. The van der Waals surface area contributed by atoms with Gasteiger partial charge in [0.25, 0.3) is 0 Å². The molecule has 0 heterocycles. The highest BCUT2D eigenvalue weighted by atomic mass is 16.4. The molecule has 0 aliphatic carbocycles. The van der Waals surface area contributed by atoms with Gasteiger partial charge in [-0.3, -0.25) is 9.69 Å². The number of hydrogen-bond donors (Lipinski definition) is 1. The molecule has 0 rings (SSSR count). The van der Waals surface area contributed by atoms with E-state index >= 15 is 0 Å². The van der Waals surface area contributed by atoms with Gasteiger partial charge in [0, 0.05) is 12.6 Å². The van der Waals surface area contributed by atoms with Crippen LogP contribution in [0.4, 0.5) is 0 Å². The van der Waals surface area contributed by atoms with E-state index in [2.05, 4.69) is 32.6 Å². The fraction of sp³-hybridized carbons (Fsp3) is 0.909. The first-order valence-electron chi connectivity index (χ1n) is 5.47. The number of carboxylic acids is 1. The van der Waals surface area contributed by atoms with Crippen LogP contribution in [0.15, 0.2) is 0 Å². The SMILES string of the molecule is CCC(CC(=O)O)N(CC)CC(C)C.